The van der Waals surface area contributed by atoms with Crippen LogP contribution < -0.4 is 10.1 Å². The van der Waals surface area contributed by atoms with E-state index < -0.39 is 6.10 Å². The van der Waals surface area contributed by atoms with Crippen molar-refractivity contribution in [3.8, 4) is 17.5 Å². The van der Waals surface area contributed by atoms with Crippen molar-refractivity contribution in [2.24, 2.45) is 0 Å². The van der Waals surface area contributed by atoms with Crippen LogP contribution in [0.25, 0.3) is 5.69 Å². The molecule has 0 unspecified atom stereocenters. The molecule has 1 heterocycles. The van der Waals surface area contributed by atoms with Crippen molar-refractivity contribution in [3.63, 3.8) is 0 Å². The second kappa shape index (κ2) is 8.19. The Labute approximate surface area is 158 Å². The zero-order chi connectivity index (χ0) is 19.2. The third-order valence-corrected chi connectivity index (χ3v) is 4.22. The molecule has 0 radical (unpaired) electrons. The highest BCUT2D eigenvalue weighted by Crippen LogP contribution is 2.17. The molecule has 0 aliphatic carbocycles. The monoisotopic (exact) mass is 360 g/mol. The summed E-state index contributed by atoms with van der Waals surface area (Å²) in [5.74, 6) is 0.347. The van der Waals surface area contributed by atoms with E-state index in [1.54, 1.807) is 43.7 Å². The maximum Gasteiger partial charge on any atom is 0.261 e. The Balaban J connectivity index is 1.58. The van der Waals surface area contributed by atoms with Crippen molar-refractivity contribution >= 4 is 5.91 Å². The number of carbonyl (C=O) groups is 1. The lowest BCUT2D eigenvalue weighted by Crippen LogP contribution is -2.37. The fraction of sp³-hybridized carbons (Fsp3) is 0.190. The Bertz CT molecular complexity index is 926. The molecular formula is C21H20N4O2. The average Bonchev–Trinajstić information content (AvgIpc) is 3.23. The summed E-state index contributed by atoms with van der Waals surface area (Å²) < 4.78 is 7.57. The Morgan fingerprint density at radius 1 is 1.15 bits per heavy atom. The first-order chi connectivity index (χ1) is 13.1. The van der Waals surface area contributed by atoms with Crippen LogP contribution in [0.2, 0.25) is 0 Å². The molecule has 0 fully saturated rings. The summed E-state index contributed by atoms with van der Waals surface area (Å²) >= 11 is 0. The number of imidazole rings is 1. The van der Waals surface area contributed by atoms with Gasteiger partial charge >= 0.3 is 0 Å². The molecule has 2 atom stereocenters. The van der Waals surface area contributed by atoms with E-state index in [4.69, 9.17) is 10.00 Å². The second-order valence-electron chi connectivity index (χ2n) is 6.19. The molecular weight excluding hydrogens is 340 g/mol. The van der Waals surface area contributed by atoms with Crippen LogP contribution in [-0.4, -0.2) is 21.6 Å². The molecule has 0 saturated heterocycles. The molecule has 3 rings (SSSR count). The van der Waals surface area contributed by atoms with Crippen molar-refractivity contribution in [3.05, 3.63) is 78.4 Å². The fourth-order valence-electron chi connectivity index (χ4n) is 2.63. The molecule has 3 aromatic rings. The van der Waals surface area contributed by atoms with E-state index in [9.17, 15) is 4.79 Å². The molecule has 0 bridgehead atoms. The number of benzene rings is 2. The average molecular weight is 360 g/mol. The Hall–Kier alpha value is -3.59. The van der Waals surface area contributed by atoms with Gasteiger partial charge in [0.15, 0.2) is 6.10 Å². The maximum absolute atomic E-state index is 12.4. The lowest BCUT2D eigenvalue weighted by molar-refractivity contribution is -0.127. The fourth-order valence-corrected chi connectivity index (χ4v) is 2.63. The van der Waals surface area contributed by atoms with Crippen LogP contribution in [0.3, 0.4) is 0 Å². The number of ether oxygens (including phenoxy) is 1. The number of hydrogen-bond acceptors (Lipinski definition) is 4. The SMILES string of the molecule is C[C@H](Oc1ccc(C#N)cc1)C(=O)N[C@H](C)c1ccc(-n2ccnc2)cc1. The number of nitrogens with one attached hydrogen (secondary N) is 1. The lowest BCUT2D eigenvalue weighted by atomic mass is 10.1. The number of amides is 1. The van der Waals surface area contributed by atoms with Gasteiger partial charge in [0, 0.05) is 18.1 Å². The van der Waals surface area contributed by atoms with Gasteiger partial charge in [-0.25, -0.2) is 4.98 Å². The molecule has 0 spiro atoms. The molecule has 1 N–H and O–H groups in total. The highest BCUT2D eigenvalue weighted by molar-refractivity contribution is 5.81. The maximum atomic E-state index is 12.4. The molecule has 2 aromatic carbocycles. The molecule has 0 saturated carbocycles. The third kappa shape index (κ3) is 4.53. The van der Waals surface area contributed by atoms with Gasteiger partial charge in [-0.2, -0.15) is 5.26 Å². The van der Waals surface area contributed by atoms with Gasteiger partial charge in [-0.05, 0) is 55.8 Å². The van der Waals surface area contributed by atoms with Crippen molar-refractivity contribution in [2.75, 3.05) is 0 Å². The molecule has 1 aromatic heterocycles. The first-order valence-electron chi connectivity index (χ1n) is 8.62. The van der Waals surface area contributed by atoms with E-state index in [2.05, 4.69) is 10.3 Å². The summed E-state index contributed by atoms with van der Waals surface area (Å²) in [4.78, 5) is 16.4. The van der Waals surface area contributed by atoms with Gasteiger partial charge in [-0.1, -0.05) is 12.1 Å². The Morgan fingerprint density at radius 2 is 1.85 bits per heavy atom. The summed E-state index contributed by atoms with van der Waals surface area (Å²) in [7, 11) is 0. The number of nitrogens with zero attached hydrogens (tertiary/aromatic N) is 3. The summed E-state index contributed by atoms with van der Waals surface area (Å²) in [6.07, 6.45) is 4.70. The van der Waals surface area contributed by atoms with E-state index in [-0.39, 0.29) is 11.9 Å². The predicted octanol–water partition coefficient (Wildman–Crippen LogP) is 3.39. The number of carbonyl (C=O) groups excluding carboxylic acids is 1. The molecule has 0 aliphatic rings. The highest BCUT2D eigenvalue weighted by atomic mass is 16.5. The topological polar surface area (TPSA) is 79.9 Å². The lowest BCUT2D eigenvalue weighted by Gasteiger charge is -2.19. The van der Waals surface area contributed by atoms with Crippen LogP contribution in [0.15, 0.2) is 67.3 Å². The molecule has 6 nitrogen and oxygen atoms in total. The summed E-state index contributed by atoms with van der Waals surface area (Å²) in [6.45, 7) is 3.63. The summed E-state index contributed by atoms with van der Waals surface area (Å²) in [5.41, 5.74) is 2.55. The second-order valence-corrected chi connectivity index (χ2v) is 6.19. The minimum Gasteiger partial charge on any atom is -0.481 e. The molecule has 27 heavy (non-hydrogen) atoms. The summed E-state index contributed by atoms with van der Waals surface area (Å²) in [6, 6.07) is 16.5. The first-order valence-corrected chi connectivity index (χ1v) is 8.62. The van der Waals surface area contributed by atoms with E-state index in [1.807, 2.05) is 48.0 Å². The third-order valence-electron chi connectivity index (χ3n) is 4.22. The minimum absolute atomic E-state index is 0.152. The summed E-state index contributed by atoms with van der Waals surface area (Å²) in [5, 5.41) is 11.8. The van der Waals surface area contributed by atoms with Crippen molar-refractivity contribution in [1.82, 2.24) is 14.9 Å². The van der Waals surface area contributed by atoms with E-state index >= 15 is 0 Å². The van der Waals surface area contributed by atoms with Crippen molar-refractivity contribution in [2.45, 2.75) is 26.0 Å². The smallest absolute Gasteiger partial charge is 0.261 e. The van der Waals surface area contributed by atoms with Gasteiger partial charge in [0.05, 0.1) is 24.0 Å². The van der Waals surface area contributed by atoms with Crippen LogP contribution in [-0.2, 0) is 4.79 Å². The van der Waals surface area contributed by atoms with Crippen LogP contribution >= 0.6 is 0 Å². The van der Waals surface area contributed by atoms with Gasteiger partial charge in [0.2, 0.25) is 0 Å². The quantitative estimate of drug-likeness (QED) is 0.731. The van der Waals surface area contributed by atoms with Crippen LogP contribution in [0, 0.1) is 11.3 Å². The van der Waals surface area contributed by atoms with Crippen molar-refractivity contribution < 1.29 is 9.53 Å². The molecule has 136 valence electrons. The Kier molecular flexibility index (Phi) is 5.53. The molecule has 6 heteroatoms. The number of rotatable bonds is 6. The normalized spacial score (nSPS) is 12.6. The van der Waals surface area contributed by atoms with Gasteiger partial charge in [-0.3, -0.25) is 4.79 Å². The predicted molar refractivity (Wildman–Crippen MR) is 101 cm³/mol. The first kappa shape index (κ1) is 18.2. The van der Waals surface area contributed by atoms with Crippen LogP contribution in [0.5, 0.6) is 5.75 Å². The van der Waals surface area contributed by atoms with Gasteiger partial charge < -0.3 is 14.6 Å². The number of nitriles is 1. The van der Waals surface area contributed by atoms with E-state index in [0.717, 1.165) is 11.3 Å². The van der Waals surface area contributed by atoms with Gasteiger partial charge in [0.25, 0.3) is 5.91 Å². The van der Waals surface area contributed by atoms with Crippen LogP contribution in [0.1, 0.15) is 31.0 Å². The minimum atomic E-state index is -0.648. The van der Waals surface area contributed by atoms with Crippen LogP contribution in [0.4, 0.5) is 0 Å². The number of hydrogen-bond donors (Lipinski definition) is 1. The molecule has 1 amide bonds. The number of aromatic nitrogens is 2. The standard InChI is InChI=1S/C21H20N4O2/c1-15(18-5-7-19(8-6-18)25-12-11-23-14-25)24-21(26)16(2)27-20-9-3-17(13-22)4-10-20/h3-12,14-16H,1-2H3,(H,24,26)/t15-,16+/m1/s1. The van der Waals surface area contributed by atoms with Gasteiger partial charge in [0.1, 0.15) is 5.75 Å². The van der Waals surface area contributed by atoms with E-state index in [0.29, 0.717) is 11.3 Å². The largest absolute Gasteiger partial charge is 0.481 e. The molecule has 0 aliphatic heterocycles. The zero-order valence-electron chi connectivity index (χ0n) is 15.2. The zero-order valence-corrected chi connectivity index (χ0v) is 15.2. The highest BCUT2D eigenvalue weighted by Gasteiger charge is 2.17. The van der Waals surface area contributed by atoms with Crippen molar-refractivity contribution in [1.29, 1.82) is 5.26 Å². The van der Waals surface area contributed by atoms with E-state index in [1.165, 1.54) is 0 Å². The Morgan fingerprint density at radius 3 is 2.44 bits per heavy atom. The van der Waals surface area contributed by atoms with Gasteiger partial charge in [-0.15, -0.1) is 0 Å².